The monoisotopic (exact) mass is 362 g/mol. The average molecular weight is 362 g/mol. The first-order chi connectivity index (χ1) is 11.7. The van der Waals surface area contributed by atoms with Crippen molar-refractivity contribution in [3.8, 4) is 6.19 Å². The molecule has 2 aromatic heterocycles. The van der Waals surface area contributed by atoms with Gasteiger partial charge in [0.1, 0.15) is 0 Å². The number of carbonyl (C=O) groups excluding carboxylic acids is 1. The van der Waals surface area contributed by atoms with E-state index in [0.29, 0.717) is 0 Å². The molecule has 0 atom stereocenters. The maximum absolute atomic E-state index is 12.2. The fourth-order valence-electron chi connectivity index (χ4n) is 1.15. The Kier molecular flexibility index (Phi) is 4.49. The van der Waals surface area contributed by atoms with Crippen LogP contribution in [0.15, 0.2) is 19.5 Å². The fraction of sp³-hybridized carbons (Fsp3) is 0.143. The van der Waals surface area contributed by atoms with Crippen LogP contribution < -0.4 is 5.32 Å². The Morgan fingerprint density at radius 3 is 2.44 bits per heavy atom. The highest BCUT2D eigenvalue weighted by Gasteiger charge is 2.41. The highest BCUT2D eigenvalue weighted by molar-refractivity contribution is 5.95. The van der Waals surface area contributed by atoms with E-state index in [4.69, 9.17) is 5.26 Å². The van der Waals surface area contributed by atoms with Crippen LogP contribution in [0.1, 0.15) is 0 Å². The second kappa shape index (κ2) is 6.52. The van der Waals surface area contributed by atoms with Gasteiger partial charge < -0.3 is 10.4 Å². The van der Waals surface area contributed by atoms with Crippen LogP contribution in [0.5, 0.6) is 0 Å². The number of halogens is 3. The second-order valence-electron chi connectivity index (χ2n) is 3.65. The van der Waals surface area contributed by atoms with E-state index < -0.39 is 45.1 Å². The molecule has 0 radical (unpaired) electrons. The molecule has 0 aromatic carbocycles. The van der Waals surface area contributed by atoms with Gasteiger partial charge in [-0.25, -0.2) is 0 Å². The number of nitrogens with one attached hydrogen (secondary N) is 1. The number of hydrogen-bond donors (Lipinski definition) is 1. The van der Waals surface area contributed by atoms with Crippen LogP contribution in [0.3, 0.4) is 0 Å². The van der Waals surface area contributed by atoms with Gasteiger partial charge in [-0.1, -0.05) is 0 Å². The third-order valence-corrected chi connectivity index (χ3v) is 2.10. The smallest absolute Gasteiger partial charge is 0.471 e. The lowest BCUT2D eigenvalue weighted by Gasteiger charge is -2.05. The summed E-state index contributed by atoms with van der Waals surface area (Å²) in [5.74, 6) is -6.11. The van der Waals surface area contributed by atoms with Crippen LogP contribution in [-0.2, 0) is 4.79 Å². The van der Waals surface area contributed by atoms with Crippen LogP contribution in [0.2, 0.25) is 0 Å². The Morgan fingerprint density at radius 2 is 1.80 bits per heavy atom. The lowest BCUT2D eigenvalue weighted by atomic mass is 10.5. The van der Waals surface area contributed by atoms with E-state index in [0.717, 1.165) is 6.19 Å². The molecule has 0 aliphatic carbocycles. The minimum atomic E-state index is -5.27. The molecule has 0 aliphatic rings. The van der Waals surface area contributed by atoms with E-state index in [9.17, 15) is 28.4 Å². The SMILES string of the molecule is N#CN=[N+]([O-])c1nonc1N=[N+]([O-])c1nonc1NC(=O)C(F)(F)F. The molecule has 0 bridgehead atoms. The van der Waals surface area contributed by atoms with Crippen molar-refractivity contribution < 1.29 is 36.9 Å². The molecule has 18 heteroatoms. The Morgan fingerprint density at radius 1 is 1.16 bits per heavy atom. The highest BCUT2D eigenvalue weighted by Crippen LogP contribution is 2.27. The van der Waals surface area contributed by atoms with Gasteiger partial charge in [0, 0.05) is 15.4 Å². The Balaban J connectivity index is 2.33. The summed E-state index contributed by atoms with van der Waals surface area (Å²) < 4.78 is 44.7. The van der Waals surface area contributed by atoms with Gasteiger partial charge in [-0.15, -0.1) is 19.0 Å². The van der Waals surface area contributed by atoms with E-state index in [1.54, 1.807) is 0 Å². The van der Waals surface area contributed by atoms with Gasteiger partial charge in [-0.05, 0) is 5.11 Å². The molecular formula is C7HF3N10O5. The first-order valence-electron chi connectivity index (χ1n) is 5.53. The van der Waals surface area contributed by atoms with Crippen LogP contribution >= 0.6 is 0 Å². The molecule has 0 saturated carbocycles. The molecule has 0 unspecified atom stereocenters. The van der Waals surface area contributed by atoms with Crippen molar-refractivity contribution in [1.29, 1.82) is 5.26 Å². The van der Waals surface area contributed by atoms with Crippen molar-refractivity contribution in [2.75, 3.05) is 5.32 Å². The molecule has 0 aliphatic heterocycles. The van der Waals surface area contributed by atoms with Gasteiger partial charge in [0.25, 0.3) is 5.82 Å². The van der Waals surface area contributed by atoms with E-state index in [-0.39, 0.29) is 0 Å². The average Bonchev–Trinajstić information content (AvgIpc) is 3.15. The summed E-state index contributed by atoms with van der Waals surface area (Å²) in [5.41, 5.74) is 0. The van der Waals surface area contributed by atoms with E-state index in [1.807, 2.05) is 0 Å². The topological polar surface area (TPSA) is 208 Å². The van der Waals surface area contributed by atoms with E-state index in [1.165, 1.54) is 5.32 Å². The third kappa shape index (κ3) is 3.78. The number of rotatable bonds is 4. The number of hydrogen-bond acceptors (Lipinski definition) is 12. The summed E-state index contributed by atoms with van der Waals surface area (Å²) in [6.45, 7) is 0. The van der Waals surface area contributed by atoms with Crippen LogP contribution in [0, 0.1) is 21.9 Å². The third-order valence-electron chi connectivity index (χ3n) is 2.10. The fourth-order valence-corrected chi connectivity index (χ4v) is 1.15. The van der Waals surface area contributed by atoms with Crippen LogP contribution in [0.25, 0.3) is 0 Å². The number of amides is 1. The molecule has 0 saturated heterocycles. The number of azo groups is 2. The maximum Gasteiger partial charge on any atom is 0.471 e. The lowest BCUT2D eigenvalue weighted by molar-refractivity contribution is -0.449. The normalized spacial score (nSPS) is 12.7. The number of carbonyl (C=O) groups is 1. The predicted molar refractivity (Wildman–Crippen MR) is 60.0 cm³/mol. The van der Waals surface area contributed by atoms with Gasteiger partial charge in [0.05, 0.1) is 0 Å². The Bertz CT molecular complexity index is 891. The molecule has 0 spiro atoms. The van der Waals surface area contributed by atoms with Crippen molar-refractivity contribution in [3.63, 3.8) is 0 Å². The Labute approximate surface area is 131 Å². The van der Waals surface area contributed by atoms with Crippen LogP contribution in [0.4, 0.5) is 36.4 Å². The summed E-state index contributed by atoms with van der Waals surface area (Å²) >= 11 is 0. The molecule has 15 nitrogen and oxygen atoms in total. The van der Waals surface area contributed by atoms with Gasteiger partial charge in [0.15, 0.2) is 10.3 Å². The molecule has 0 fully saturated rings. The minimum Gasteiger partial charge on any atom is -0.690 e. The van der Waals surface area contributed by atoms with Gasteiger partial charge >= 0.3 is 29.5 Å². The van der Waals surface area contributed by atoms with Gasteiger partial charge in [-0.2, -0.15) is 18.4 Å². The Hall–Kier alpha value is -4.17. The molecule has 130 valence electrons. The molecule has 1 N–H and O–H groups in total. The number of anilines is 1. The molecule has 2 aromatic rings. The zero-order valence-electron chi connectivity index (χ0n) is 11.2. The van der Waals surface area contributed by atoms with E-state index >= 15 is 0 Å². The number of nitrogens with zero attached hydrogens (tertiary/aromatic N) is 9. The summed E-state index contributed by atoms with van der Waals surface area (Å²) in [6.07, 6.45) is -4.16. The maximum atomic E-state index is 12.2. The molecule has 25 heavy (non-hydrogen) atoms. The largest absolute Gasteiger partial charge is 0.690 e. The lowest BCUT2D eigenvalue weighted by Crippen LogP contribution is -2.30. The van der Waals surface area contributed by atoms with Gasteiger partial charge in [-0.3, -0.25) is 10.1 Å². The van der Waals surface area contributed by atoms with Crippen molar-refractivity contribution >= 4 is 29.2 Å². The van der Waals surface area contributed by atoms with Crippen molar-refractivity contribution in [1.82, 2.24) is 20.6 Å². The number of alkyl halides is 3. The molecule has 2 rings (SSSR count). The minimum absolute atomic E-state index is 0.392. The zero-order valence-corrected chi connectivity index (χ0v) is 11.2. The van der Waals surface area contributed by atoms with Crippen molar-refractivity contribution in [3.05, 3.63) is 10.4 Å². The molecular weight excluding hydrogens is 361 g/mol. The summed E-state index contributed by atoms with van der Waals surface area (Å²) in [5, 5.41) is 50.2. The van der Waals surface area contributed by atoms with Gasteiger partial charge in [0.2, 0.25) is 6.19 Å². The van der Waals surface area contributed by atoms with Crippen molar-refractivity contribution in [2.24, 2.45) is 10.2 Å². The van der Waals surface area contributed by atoms with Crippen LogP contribution in [-0.4, -0.2) is 42.4 Å². The summed E-state index contributed by atoms with van der Waals surface area (Å²) in [6, 6.07) is 0. The molecule has 1 amide bonds. The summed E-state index contributed by atoms with van der Waals surface area (Å²) in [4.78, 5) is 9.93. The number of aromatic nitrogens is 4. The van der Waals surface area contributed by atoms with Crippen molar-refractivity contribution in [2.45, 2.75) is 6.18 Å². The highest BCUT2D eigenvalue weighted by atomic mass is 19.4. The standard InChI is InChI=1S/C7HF3N10O5/c8-7(9,10)6(21)13-2-4(17-24-15-2)20(23)14-3-5(18-25-16-3)19(22)12-1-11/h(H,13,15,21). The molecule has 2 heterocycles. The second-order valence-corrected chi connectivity index (χ2v) is 3.65. The predicted octanol–water partition coefficient (Wildman–Crippen LogP) is 0.954. The first kappa shape index (κ1) is 17.2. The quantitative estimate of drug-likeness (QED) is 0.352. The number of nitriles is 1. The first-order valence-corrected chi connectivity index (χ1v) is 5.53. The van der Waals surface area contributed by atoms with E-state index in [2.05, 4.69) is 40.1 Å². The summed E-state index contributed by atoms with van der Waals surface area (Å²) in [7, 11) is 0. The zero-order chi connectivity index (χ0) is 18.6.